The minimum absolute atomic E-state index is 0.116. The largest absolute Gasteiger partial charge is 0.368 e. The first-order valence-corrected chi connectivity index (χ1v) is 9.53. The van der Waals surface area contributed by atoms with Gasteiger partial charge in [-0.15, -0.1) is 5.10 Å². The van der Waals surface area contributed by atoms with E-state index >= 15 is 0 Å². The Kier molecular flexibility index (Phi) is 4.13. The number of para-hydroxylation sites is 1. The van der Waals surface area contributed by atoms with Gasteiger partial charge in [0.25, 0.3) is 11.4 Å². The van der Waals surface area contributed by atoms with Crippen molar-refractivity contribution in [3.05, 3.63) is 65.1 Å². The summed E-state index contributed by atoms with van der Waals surface area (Å²) >= 11 is 6.25. The first-order valence-electron chi connectivity index (χ1n) is 9.15. The summed E-state index contributed by atoms with van der Waals surface area (Å²) in [4.78, 5) is 8.56. The Morgan fingerprint density at radius 3 is 2.79 bits per heavy atom. The zero-order valence-electron chi connectivity index (χ0n) is 15.3. The smallest absolute Gasteiger partial charge is 0.260 e. The zero-order chi connectivity index (χ0) is 20.0. The van der Waals surface area contributed by atoms with Crippen molar-refractivity contribution in [2.45, 2.75) is 19.4 Å². The van der Waals surface area contributed by atoms with Gasteiger partial charge >= 0.3 is 0 Å². The van der Waals surface area contributed by atoms with Gasteiger partial charge in [-0.05, 0) is 25.0 Å². The van der Waals surface area contributed by atoms with Gasteiger partial charge in [-0.2, -0.15) is 0 Å². The molecule has 0 atom stereocenters. The van der Waals surface area contributed by atoms with Crippen LogP contribution >= 0.6 is 11.6 Å². The molecule has 0 spiro atoms. The fourth-order valence-electron chi connectivity index (χ4n) is 3.41. The van der Waals surface area contributed by atoms with Crippen LogP contribution in [0.1, 0.15) is 24.2 Å². The summed E-state index contributed by atoms with van der Waals surface area (Å²) in [5, 5.41) is 20.2. The molecule has 8 nitrogen and oxygen atoms in total. The van der Waals surface area contributed by atoms with Crippen LogP contribution in [0.3, 0.4) is 0 Å². The van der Waals surface area contributed by atoms with E-state index < -0.39 is 0 Å². The summed E-state index contributed by atoms with van der Waals surface area (Å²) in [5.74, 6) is 0.116. The maximum absolute atomic E-state index is 10.6. The van der Waals surface area contributed by atoms with Crippen molar-refractivity contribution in [3.8, 4) is 11.4 Å². The highest BCUT2D eigenvalue weighted by Crippen LogP contribution is 2.29. The summed E-state index contributed by atoms with van der Waals surface area (Å²) in [6.45, 7) is 0.351. The fourth-order valence-corrected chi connectivity index (χ4v) is 3.63. The van der Waals surface area contributed by atoms with Gasteiger partial charge in [0.1, 0.15) is 17.9 Å². The van der Waals surface area contributed by atoms with Gasteiger partial charge in [0.2, 0.25) is 5.95 Å². The first-order chi connectivity index (χ1) is 14.1. The highest BCUT2D eigenvalue weighted by Gasteiger charge is 2.23. The van der Waals surface area contributed by atoms with E-state index in [4.69, 9.17) is 17.3 Å². The Bertz CT molecular complexity index is 1280. The number of aromatic nitrogens is 6. The van der Waals surface area contributed by atoms with Crippen LogP contribution in [0.25, 0.3) is 27.9 Å². The number of hydrogen-bond donors (Lipinski definition) is 2. The van der Waals surface area contributed by atoms with E-state index in [1.54, 1.807) is 16.9 Å². The third-order valence-electron chi connectivity index (χ3n) is 4.98. The molecule has 4 aromatic rings. The molecule has 3 heterocycles. The Balaban J connectivity index is 1.51. The highest BCUT2D eigenvalue weighted by molar-refractivity contribution is 6.35. The maximum atomic E-state index is 10.6. The van der Waals surface area contributed by atoms with Crippen LogP contribution < -0.4 is 10.5 Å². The molecule has 0 saturated carbocycles. The van der Waals surface area contributed by atoms with Crippen molar-refractivity contribution >= 4 is 34.0 Å². The molecule has 5 rings (SSSR count). The van der Waals surface area contributed by atoms with Gasteiger partial charge in [-0.25, -0.2) is 14.6 Å². The number of fused-ring (bicyclic) bond motifs is 1. The predicted octanol–water partition coefficient (Wildman–Crippen LogP) is 2.87. The Labute approximate surface area is 170 Å². The number of pyridine rings is 1. The standard InChI is InChI=1S/C20H17ClN7O/c21-15-8-3-7-14-18(15)23-20(22)24-19(14)16-11-27(26-25-16)10-13-6-2-9-17(28(13)29)12-4-1-5-12/h2-4,6-9,11,29H,1,5,10H2,(H2,22,23,24)/q+1. The van der Waals surface area contributed by atoms with E-state index in [2.05, 4.69) is 26.4 Å². The molecule has 0 bridgehead atoms. The van der Waals surface area contributed by atoms with Gasteiger partial charge in [0, 0.05) is 27.8 Å². The van der Waals surface area contributed by atoms with Crippen LogP contribution in [0.5, 0.6) is 0 Å². The van der Waals surface area contributed by atoms with Gasteiger partial charge in [-0.3, -0.25) is 5.21 Å². The van der Waals surface area contributed by atoms with Crippen LogP contribution in [0, 0.1) is 0 Å². The lowest BCUT2D eigenvalue weighted by atomic mass is 9.95. The molecule has 0 unspecified atom stereocenters. The van der Waals surface area contributed by atoms with Crippen LogP contribution in [0.2, 0.25) is 5.02 Å². The van der Waals surface area contributed by atoms with E-state index in [-0.39, 0.29) is 5.95 Å². The summed E-state index contributed by atoms with van der Waals surface area (Å²) in [6, 6.07) is 11.1. The number of nitrogens with zero attached hydrogens (tertiary/aromatic N) is 6. The molecule has 1 aliphatic rings. The number of nitrogen functional groups attached to an aromatic ring is 1. The van der Waals surface area contributed by atoms with Crippen molar-refractivity contribution in [1.82, 2.24) is 25.0 Å². The number of halogens is 1. The minimum atomic E-state index is 0.116. The Morgan fingerprint density at radius 2 is 2.00 bits per heavy atom. The molecule has 0 saturated heterocycles. The van der Waals surface area contributed by atoms with Crippen molar-refractivity contribution in [2.24, 2.45) is 0 Å². The number of allylic oxidation sites excluding steroid dienone is 2. The third-order valence-corrected chi connectivity index (χ3v) is 5.28. The van der Waals surface area contributed by atoms with Crippen molar-refractivity contribution in [1.29, 1.82) is 0 Å². The van der Waals surface area contributed by atoms with E-state index in [0.29, 0.717) is 34.2 Å². The van der Waals surface area contributed by atoms with E-state index in [9.17, 15) is 5.21 Å². The Morgan fingerprint density at radius 1 is 1.17 bits per heavy atom. The van der Waals surface area contributed by atoms with E-state index in [0.717, 1.165) is 29.5 Å². The van der Waals surface area contributed by atoms with Gasteiger partial charge in [0.05, 0.1) is 16.7 Å². The van der Waals surface area contributed by atoms with Gasteiger partial charge < -0.3 is 5.73 Å². The van der Waals surface area contributed by atoms with Crippen LogP contribution in [-0.2, 0) is 6.54 Å². The number of benzene rings is 1. The molecule has 29 heavy (non-hydrogen) atoms. The second kappa shape index (κ2) is 6.82. The predicted molar refractivity (Wildman–Crippen MR) is 108 cm³/mol. The van der Waals surface area contributed by atoms with E-state index in [1.165, 1.54) is 4.73 Å². The average Bonchev–Trinajstić information content (AvgIpc) is 3.12. The molecular weight excluding hydrogens is 390 g/mol. The molecular formula is C20H17ClN7O+. The summed E-state index contributed by atoms with van der Waals surface area (Å²) < 4.78 is 2.86. The van der Waals surface area contributed by atoms with E-state index in [1.807, 2.05) is 30.3 Å². The van der Waals surface area contributed by atoms with Crippen LogP contribution in [-0.4, -0.2) is 30.2 Å². The lowest BCUT2D eigenvalue weighted by molar-refractivity contribution is -0.911. The third kappa shape index (κ3) is 3.07. The molecule has 1 aromatic carbocycles. The normalized spacial score (nSPS) is 13.3. The molecule has 144 valence electrons. The molecule has 1 aliphatic carbocycles. The second-order valence-corrected chi connectivity index (χ2v) is 7.26. The summed E-state index contributed by atoms with van der Waals surface area (Å²) in [7, 11) is 0. The quantitative estimate of drug-likeness (QED) is 0.398. The zero-order valence-corrected chi connectivity index (χ0v) is 16.1. The van der Waals surface area contributed by atoms with Gasteiger partial charge in [0.15, 0.2) is 0 Å². The summed E-state index contributed by atoms with van der Waals surface area (Å²) in [6.07, 6.45) is 5.90. The molecule has 0 aliphatic heterocycles. The molecule has 0 amide bonds. The Hall–Kier alpha value is -3.52. The fraction of sp³-hybridized carbons (Fsp3) is 0.150. The molecule has 0 fully saturated rings. The average molecular weight is 407 g/mol. The monoisotopic (exact) mass is 406 g/mol. The summed E-state index contributed by atoms with van der Waals surface area (Å²) in [5.41, 5.74) is 10.2. The number of hydrogen-bond acceptors (Lipinski definition) is 6. The molecule has 3 N–H and O–H groups in total. The number of anilines is 1. The van der Waals surface area contributed by atoms with Crippen LogP contribution in [0.4, 0.5) is 5.95 Å². The van der Waals surface area contributed by atoms with Crippen molar-refractivity contribution < 1.29 is 9.94 Å². The number of nitrogens with two attached hydrogens (primary N) is 1. The maximum Gasteiger partial charge on any atom is 0.260 e. The SMILES string of the molecule is Nc1nc(-c2cn(Cc3cccc(C4=CCC4)[n+]3O)nn2)c2cccc(Cl)c2n1. The lowest BCUT2D eigenvalue weighted by Gasteiger charge is -2.11. The highest BCUT2D eigenvalue weighted by atomic mass is 35.5. The lowest BCUT2D eigenvalue weighted by Crippen LogP contribution is -2.40. The number of rotatable bonds is 4. The molecule has 9 heteroatoms. The van der Waals surface area contributed by atoms with Crippen molar-refractivity contribution in [3.63, 3.8) is 0 Å². The molecule has 0 radical (unpaired) electrons. The topological polar surface area (TPSA) is 107 Å². The minimum Gasteiger partial charge on any atom is -0.368 e. The van der Waals surface area contributed by atoms with Crippen LogP contribution in [0.15, 0.2) is 48.7 Å². The first kappa shape index (κ1) is 17.6. The molecule has 3 aromatic heterocycles. The second-order valence-electron chi connectivity index (χ2n) is 6.85. The van der Waals surface area contributed by atoms with Crippen molar-refractivity contribution in [2.75, 3.05) is 5.73 Å². The van der Waals surface area contributed by atoms with Gasteiger partial charge in [-0.1, -0.05) is 35.0 Å².